The zero-order chi connectivity index (χ0) is 13.0. The average Bonchev–Trinajstić information content (AvgIpc) is 2.81. The first-order valence-corrected chi connectivity index (χ1v) is 6.33. The minimum absolute atomic E-state index is 0.100. The number of aliphatic hydroxyl groups is 1. The van der Waals surface area contributed by atoms with E-state index in [0.717, 1.165) is 25.9 Å². The van der Waals surface area contributed by atoms with E-state index in [1.807, 2.05) is 6.92 Å². The molecule has 0 amide bonds. The molecule has 7 heteroatoms. The largest absolute Gasteiger partial charge is 0.396 e. The number of aromatic nitrogens is 3. The summed E-state index contributed by atoms with van der Waals surface area (Å²) in [4.78, 5) is 14.7. The van der Waals surface area contributed by atoms with Crippen LogP contribution in [0.5, 0.6) is 0 Å². The van der Waals surface area contributed by atoms with E-state index in [-0.39, 0.29) is 18.6 Å². The van der Waals surface area contributed by atoms with Crippen molar-refractivity contribution in [3.63, 3.8) is 0 Å². The molecule has 1 aromatic rings. The van der Waals surface area contributed by atoms with Crippen molar-refractivity contribution in [2.24, 2.45) is 0 Å². The van der Waals surface area contributed by atoms with Gasteiger partial charge in [-0.2, -0.15) is 15.0 Å². The Morgan fingerprint density at radius 2 is 2.06 bits per heavy atom. The summed E-state index contributed by atoms with van der Waals surface area (Å²) < 4.78 is 0. The van der Waals surface area contributed by atoms with Crippen molar-refractivity contribution in [2.75, 3.05) is 35.6 Å². The third kappa shape index (κ3) is 3.19. The smallest absolute Gasteiger partial charge is 0.231 e. The Morgan fingerprint density at radius 3 is 2.72 bits per heavy atom. The molecule has 1 aromatic heterocycles. The number of aliphatic hydroxyl groups excluding tert-OH is 1. The van der Waals surface area contributed by atoms with Gasteiger partial charge in [0.25, 0.3) is 0 Å². The molecule has 4 N–H and O–H groups in total. The third-order valence-electron chi connectivity index (χ3n) is 2.97. The predicted octanol–water partition coefficient (Wildman–Crippen LogP) is 0.237. The maximum atomic E-state index is 8.87. The summed E-state index contributed by atoms with van der Waals surface area (Å²) in [7, 11) is 0. The highest BCUT2D eigenvalue weighted by molar-refractivity contribution is 5.42. The van der Waals surface area contributed by atoms with Crippen LogP contribution in [-0.4, -0.2) is 45.8 Å². The lowest BCUT2D eigenvalue weighted by molar-refractivity contribution is 0.282. The van der Waals surface area contributed by atoms with Crippen LogP contribution in [0.25, 0.3) is 0 Å². The Bertz CT molecular complexity index is 393. The van der Waals surface area contributed by atoms with Gasteiger partial charge in [0, 0.05) is 25.7 Å². The molecule has 18 heavy (non-hydrogen) atoms. The molecule has 2 rings (SSSR count). The van der Waals surface area contributed by atoms with Crippen molar-refractivity contribution >= 4 is 17.8 Å². The van der Waals surface area contributed by atoms with Crippen LogP contribution >= 0.6 is 0 Å². The minimum Gasteiger partial charge on any atom is -0.396 e. The Morgan fingerprint density at radius 1 is 1.33 bits per heavy atom. The maximum Gasteiger partial charge on any atom is 0.231 e. The quantitative estimate of drug-likeness (QED) is 0.690. The molecule has 1 aliphatic heterocycles. The molecular weight excluding hydrogens is 232 g/mol. The fraction of sp³-hybridized carbons (Fsp3) is 0.727. The van der Waals surface area contributed by atoms with Gasteiger partial charge in [0.1, 0.15) is 0 Å². The summed E-state index contributed by atoms with van der Waals surface area (Å²) in [5, 5.41) is 12.0. The SMILES string of the molecule is CC(CCO)Nc1nc(N)nc(N2CCCC2)n1. The van der Waals surface area contributed by atoms with E-state index in [4.69, 9.17) is 10.8 Å². The lowest BCUT2D eigenvalue weighted by Gasteiger charge is -2.17. The highest BCUT2D eigenvalue weighted by Crippen LogP contribution is 2.17. The Labute approximate surface area is 106 Å². The lowest BCUT2D eigenvalue weighted by atomic mass is 10.2. The van der Waals surface area contributed by atoms with E-state index in [0.29, 0.717) is 18.3 Å². The number of anilines is 3. The third-order valence-corrected chi connectivity index (χ3v) is 2.97. The molecule has 7 nitrogen and oxygen atoms in total. The molecule has 1 aliphatic rings. The zero-order valence-electron chi connectivity index (χ0n) is 10.6. The number of hydrogen-bond acceptors (Lipinski definition) is 7. The standard InChI is InChI=1S/C11H20N6O/c1-8(4-7-18)13-10-14-9(12)15-11(16-10)17-5-2-3-6-17/h8,18H,2-7H2,1H3,(H3,12,13,14,15,16). The normalized spacial score (nSPS) is 16.9. The predicted molar refractivity (Wildman–Crippen MR) is 70.5 cm³/mol. The molecule has 1 saturated heterocycles. The van der Waals surface area contributed by atoms with Crippen molar-refractivity contribution < 1.29 is 5.11 Å². The molecule has 0 radical (unpaired) electrons. The van der Waals surface area contributed by atoms with E-state index >= 15 is 0 Å². The zero-order valence-corrected chi connectivity index (χ0v) is 10.6. The molecule has 100 valence electrons. The van der Waals surface area contributed by atoms with E-state index < -0.39 is 0 Å². The molecule has 2 heterocycles. The van der Waals surface area contributed by atoms with Gasteiger partial charge >= 0.3 is 0 Å². The van der Waals surface area contributed by atoms with Gasteiger partial charge in [-0.05, 0) is 26.2 Å². The van der Waals surface area contributed by atoms with Crippen molar-refractivity contribution in [3.8, 4) is 0 Å². The van der Waals surface area contributed by atoms with E-state index in [1.165, 1.54) is 0 Å². The van der Waals surface area contributed by atoms with Gasteiger partial charge in [0.15, 0.2) is 0 Å². The maximum absolute atomic E-state index is 8.87. The van der Waals surface area contributed by atoms with Gasteiger partial charge < -0.3 is 21.1 Å². The van der Waals surface area contributed by atoms with Crippen molar-refractivity contribution in [1.82, 2.24) is 15.0 Å². The molecule has 0 aromatic carbocycles. The lowest BCUT2D eigenvalue weighted by Crippen LogP contribution is -2.24. The van der Waals surface area contributed by atoms with E-state index in [2.05, 4.69) is 25.2 Å². The Hall–Kier alpha value is -1.63. The van der Waals surface area contributed by atoms with Gasteiger partial charge in [-0.15, -0.1) is 0 Å². The fourth-order valence-corrected chi connectivity index (χ4v) is 1.99. The van der Waals surface area contributed by atoms with Crippen LogP contribution in [0.2, 0.25) is 0 Å². The number of rotatable bonds is 5. The van der Waals surface area contributed by atoms with Gasteiger partial charge in [-0.25, -0.2) is 0 Å². The second-order valence-corrected chi connectivity index (χ2v) is 4.57. The first kappa shape index (κ1) is 12.8. The van der Waals surface area contributed by atoms with Crippen molar-refractivity contribution in [3.05, 3.63) is 0 Å². The van der Waals surface area contributed by atoms with Crippen LogP contribution in [0.1, 0.15) is 26.2 Å². The van der Waals surface area contributed by atoms with Gasteiger partial charge in [-0.1, -0.05) is 0 Å². The van der Waals surface area contributed by atoms with Crippen LogP contribution in [0.3, 0.4) is 0 Å². The summed E-state index contributed by atoms with van der Waals surface area (Å²) in [6, 6.07) is 0.100. The second-order valence-electron chi connectivity index (χ2n) is 4.57. The summed E-state index contributed by atoms with van der Waals surface area (Å²) in [5.41, 5.74) is 5.70. The number of nitrogen functional groups attached to an aromatic ring is 1. The first-order valence-electron chi connectivity index (χ1n) is 6.33. The van der Waals surface area contributed by atoms with Crippen molar-refractivity contribution in [2.45, 2.75) is 32.2 Å². The highest BCUT2D eigenvalue weighted by atomic mass is 16.3. The minimum atomic E-state index is 0.100. The number of hydrogen-bond donors (Lipinski definition) is 3. The molecule has 1 unspecified atom stereocenters. The number of nitrogens with one attached hydrogen (secondary N) is 1. The van der Waals surface area contributed by atoms with Crippen LogP contribution in [0, 0.1) is 0 Å². The topological polar surface area (TPSA) is 100 Å². The van der Waals surface area contributed by atoms with Crippen LogP contribution in [-0.2, 0) is 0 Å². The van der Waals surface area contributed by atoms with Crippen LogP contribution < -0.4 is 16.0 Å². The summed E-state index contributed by atoms with van der Waals surface area (Å²) >= 11 is 0. The average molecular weight is 252 g/mol. The van der Waals surface area contributed by atoms with Crippen LogP contribution in [0.15, 0.2) is 0 Å². The molecule has 0 saturated carbocycles. The highest BCUT2D eigenvalue weighted by Gasteiger charge is 2.17. The molecule has 0 spiro atoms. The van der Waals surface area contributed by atoms with Crippen molar-refractivity contribution in [1.29, 1.82) is 0 Å². The fourth-order valence-electron chi connectivity index (χ4n) is 1.99. The molecular formula is C11H20N6O. The first-order chi connectivity index (χ1) is 8.69. The monoisotopic (exact) mass is 252 g/mol. The number of nitrogens with zero attached hydrogens (tertiary/aromatic N) is 4. The Balaban J connectivity index is 2.10. The second kappa shape index (κ2) is 5.81. The van der Waals surface area contributed by atoms with E-state index in [1.54, 1.807) is 0 Å². The molecule has 1 atom stereocenters. The van der Waals surface area contributed by atoms with Gasteiger partial charge in [0.2, 0.25) is 17.8 Å². The Kier molecular flexibility index (Phi) is 4.14. The van der Waals surface area contributed by atoms with Gasteiger partial charge in [-0.3, -0.25) is 0 Å². The number of nitrogens with two attached hydrogens (primary N) is 1. The van der Waals surface area contributed by atoms with E-state index in [9.17, 15) is 0 Å². The van der Waals surface area contributed by atoms with Gasteiger partial charge in [0.05, 0.1) is 0 Å². The molecule has 1 fully saturated rings. The summed E-state index contributed by atoms with van der Waals surface area (Å²) in [6.07, 6.45) is 2.97. The molecule has 0 aliphatic carbocycles. The van der Waals surface area contributed by atoms with Crippen LogP contribution in [0.4, 0.5) is 17.8 Å². The molecule has 0 bridgehead atoms. The summed E-state index contributed by atoms with van der Waals surface area (Å²) in [6.45, 7) is 4.03. The summed E-state index contributed by atoms with van der Waals surface area (Å²) in [5.74, 6) is 1.34.